The first-order valence-electron chi connectivity index (χ1n) is 7.77. The molecule has 0 aromatic rings. The SMILES string of the molecule is OC1CCCC(C(CCP)C2CCCC(O)C2)C1. The van der Waals surface area contributed by atoms with Crippen LogP contribution in [0.1, 0.15) is 57.8 Å². The van der Waals surface area contributed by atoms with Crippen molar-refractivity contribution in [1.29, 1.82) is 0 Å². The molecule has 0 heterocycles. The molecule has 0 bridgehead atoms. The van der Waals surface area contributed by atoms with Gasteiger partial charge in [-0.25, -0.2) is 0 Å². The van der Waals surface area contributed by atoms with Crippen LogP contribution < -0.4 is 0 Å². The first-order valence-corrected chi connectivity index (χ1v) is 8.58. The fraction of sp³-hybridized carbons (Fsp3) is 1.00. The summed E-state index contributed by atoms with van der Waals surface area (Å²) in [7, 11) is 2.86. The van der Waals surface area contributed by atoms with Gasteiger partial charge in [-0.2, -0.15) is 0 Å². The minimum atomic E-state index is -0.0655. The third kappa shape index (κ3) is 3.92. The van der Waals surface area contributed by atoms with Crippen LogP contribution in [0.3, 0.4) is 0 Å². The number of aliphatic hydroxyl groups excluding tert-OH is 2. The van der Waals surface area contributed by atoms with Crippen molar-refractivity contribution in [3.63, 3.8) is 0 Å². The molecular weight excluding hydrogens is 243 g/mol. The summed E-state index contributed by atoms with van der Waals surface area (Å²) in [6, 6.07) is 0. The van der Waals surface area contributed by atoms with Crippen LogP contribution in [0.5, 0.6) is 0 Å². The van der Waals surface area contributed by atoms with Gasteiger partial charge >= 0.3 is 0 Å². The van der Waals surface area contributed by atoms with E-state index in [1.807, 2.05) is 0 Å². The first-order chi connectivity index (χ1) is 8.70. The molecule has 0 aromatic heterocycles. The molecule has 106 valence electrons. The topological polar surface area (TPSA) is 40.5 Å². The molecule has 3 heteroatoms. The van der Waals surface area contributed by atoms with E-state index in [9.17, 15) is 10.2 Å². The Balaban J connectivity index is 1.97. The zero-order valence-electron chi connectivity index (χ0n) is 11.4. The van der Waals surface area contributed by atoms with E-state index >= 15 is 0 Å². The molecule has 0 saturated heterocycles. The van der Waals surface area contributed by atoms with E-state index in [-0.39, 0.29) is 12.2 Å². The second-order valence-electron chi connectivity index (χ2n) is 6.40. The van der Waals surface area contributed by atoms with Crippen LogP contribution in [0.15, 0.2) is 0 Å². The van der Waals surface area contributed by atoms with E-state index in [0.29, 0.717) is 11.8 Å². The maximum atomic E-state index is 9.89. The smallest absolute Gasteiger partial charge is 0.0543 e. The van der Waals surface area contributed by atoms with Crippen molar-refractivity contribution in [3.8, 4) is 0 Å². The molecule has 2 rings (SSSR count). The molecule has 0 aromatic carbocycles. The molecule has 0 spiro atoms. The Hall–Kier alpha value is 0.350. The average Bonchev–Trinajstić information content (AvgIpc) is 2.36. The summed E-state index contributed by atoms with van der Waals surface area (Å²) in [5, 5.41) is 19.8. The minimum Gasteiger partial charge on any atom is -0.393 e. The Morgan fingerprint density at radius 2 is 1.39 bits per heavy atom. The van der Waals surface area contributed by atoms with E-state index in [1.54, 1.807) is 0 Å². The van der Waals surface area contributed by atoms with E-state index in [4.69, 9.17) is 0 Å². The van der Waals surface area contributed by atoms with Crippen molar-refractivity contribution in [2.75, 3.05) is 6.16 Å². The Morgan fingerprint density at radius 3 is 1.78 bits per heavy atom. The van der Waals surface area contributed by atoms with Crippen molar-refractivity contribution < 1.29 is 10.2 Å². The maximum Gasteiger partial charge on any atom is 0.0543 e. The molecular formula is C15H29O2P. The molecule has 18 heavy (non-hydrogen) atoms. The van der Waals surface area contributed by atoms with Crippen molar-refractivity contribution in [3.05, 3.63) is 0 Å². The van der Waals surface area contributed by atoms with Gasteiger partial charge < -0.3 is 10.2 Å². The highest BCUT2D eigenvalue weighted by Crippen LogP contribution is 2.41. The fourth-order valence-electron chi connectivity index (χ4n) is 4.23. The predicted octanol–water partition coefficient (Wildman–Crippen LogP) is 2.97. The quantitative estimate of drug-likeness (QED) is 0.772. The number of hydrogen-bond donors (Lipinski definition) is 2. The predicted molar refractivity (Wildman–Crippen MR) is 78.6 cm³/mol. The van der Waals surface area contributed by atoms with Crippen LogP contribution in [0.2, 0.25) is 0 Å². The average molecular weight is 272 g/mol. The second kappa shape index (κ2) is 7.22. The summed E-state index contributed by atoms with van der Waals surface area (Å²) >= 11 is 0. The summed E-state index contributed by atoms with van der Waals surface area (Å²) in [4.78, 5) is 0. The van der Waals surface area contributed by atoms with Gasteiger partial charge in [0.15, 0.2) is 0 Å². The van der Waals surface area contributed by atoms with E-state index in [1.165, 1.54) is 32.1 Å². The highest BCUT2D eigenvalue weighted by Gasteiger charge is 2.34. The highest BCUT2D eigenvalue weighted by atomic mass is 31.0. The molecule has 2 nitrogen and oxygen atoms in total. The number of hydrogen-bond acceptors (Lipinski definition) is 2. The Bertz CT molecular complexity index is 225. The van der Waals surface area contributed by atoms with Crippen LogP contribution in [0.4, 0.5) is 0 Å². The van der Waals surface area contributed by atoms with Crippen molar-refractivity contribution in [2.24, 2.45) is 17.8 Å². The van der Waals surface area contributed by atoms with Crippen LogP contribution in [0.25, 0.3) is 0 Å². The lowest BCUT2D eigenvalue weighted by Gasteiger charge is -2.40. The minimum absolute atomic E-state index is 0.0655. The second-order valence-corrected chi connectivity index (χ2v) is 6.98. The van der Waals surface area contributed by atoms with Gasteiger partial charge in [0.25, 0.3) is 0 Å². The van der Waals surface area contributed by atoms with Crippen molar-refractivity contribution in [1.82, 2.24) is 0 Å². The fourth-order valence-corrected chi connectivity index (χ4v) is 4.61. The normalized spacial score (nSPS) is 39.5. The lowest BCUT2D eigenvalue weighted by molar-refractivity contribution is 0.0284. The molecule has 0 amide bonds. The third-order valence-electron chi connectivity index (χ3n) is 5.09. The summed E-state index contributed by atoms with van der Waals surface area (Å²) in [6.07, 6.45) is 11.2. The summed E-state index contributed by atoms with van der Waals surface area (Å²) in [5.74, 6) is 2.13. The molecule has 5 unspecified atom stereocenters. The Labute approximate surface area is 114 Å². The van der Waals surface area contributed by atoms with Gasteiger partial charge in [0.05, 0.1) is 12.2 Å². The van der Waals surface area contributed by atoms with Crippen LogP contribution in [0, 0.1) is 17.8 Å². The molecule has 2 fully saturated rings. The molecule has 2 N–H and O–H groups in total. The van der Waals surface area contributed by atoms with E-state index < -0.39 is 0 Å². The van der Waals surface area contributed by atoms with Gasteiger partial charge in [-0.05, 0) is 68.9 Å². The molecule has 2 aliphatic rings. The largest absolute Gasteiger partial charge is 0.393 e. The summed E-state index contributed by atoms with van der Waals surface area (Å²) in [6.45, 7) is 0. The Morgan fingerprint density at radius 1 is 0.889 bits per heavy atom. The Kier molecular flexibility index (Phi) is 5.92. The van der Waals surface area contributed by atoms with Gasteiger partial charge in [0.1, 0.15) is 0 Å². The van der Waals surface area contributed by atoms with Gasteiger partial charge in [0, 0.05) is 0 Å². The van der Waals surface area contributed by atoms with Crippen molar-refractivity contribution >= 4 is 9.24 Å². The molecule has 2 saturated carbocycles. The number of rotatable bonds is 4. The van der Waals surface area contributed by atoms with Crippen molar-refractivity contribution in [2.45, 2.75) is 70.0 Å². The van der Waals surface area contributed by atoms with E-state index in [0.717, 1.165) is 37.8 Å². The lowest BCUT2D eigenvalue weighted by atomic mass is 9.68. The first kappa shape index (κ1) is 14.8. The van der Waals surface area contributed by atoms with Gasteiger partial charge in [-0.1, -0.05) is 12.8 Å². The van der Waals surface area contributed by atoms with Crippen LogP contribution in [-0.4, -0.2) is 28.6 Å². The van der Waals surface area contributed by atoms with E-state index in [2.05, 4.69) is 9.24 Å². The third-order valence-corrected chi connectivity index (χ3v) is 5.42. The zero-order valence-corrected chi connectivity index (χ0v) is 12.6. The summed E-state index contributed by atoms with van der Waals surface area (Å²) < 4.78 is 0. The lowest BCUT2D eigenvalue weighted by Crippen LogP contribution is -2.34. The molecule has 0 aliphatic heterocycles. The molecule has 5 atom stereocenters. The highest BCUT2D eigenvalue weighted by molar-refractivity contribution is 7.16. The molecule has 0 radical (unpaired) electrons. The van der Waals surface area contributed by atoms with Crippen LogP contribution in [-0.2, 0) is 0 Å². The number of aliphatic hydroxyl groups is 2. The summed E-state index contributed by atoms with van der Waals surface area (Å²) in [5.41, 5.74) is 0. The van der Waals surface area contributed by atoms with Gasteiger partial charge in [-0.3, -0.25) is 0 Å². The van der Waals surface area contributed by atoms with Gasteiger partial charge in [-0.15, -0.1) is 9.24 Å². The van der Waals surface area contributed by atoms with Crippen LogP contribution >= 0.6 is 9.24 Å². The monoisotopic (exact) mass is 272 g/mol. The maximum absolute atomic E-state index is 9.89. The zero-order chi connectivity index (χ0) is 13.0. The standard InChI is InChI=1S/C15H29O2P/c16-13-5-1-3-11(9-13)15(7-8-18)12-4-2-6-14(17)10-12/h11-17H,1-10,18H2. The van der Waals surface area contributed by atoms with Gasteiger partial charge in [0.2, 0.25) is 0 Å². The molecule has 2 aliphatic carbocycles.